The maximum absolute atomic E-state index is 11.7. The Bertz CT molecular complexity index is 243. The molecule has 0 aromatic heterocycles. The molecule has 18 heavy (non-hydrogen) atoms. The lowest BCUT2D eigenvalue weighted by atomic mass is 9.86. The van der Waals surface area contributed by atoms with Gasteiger partial charge < -0.3 is 10.6 Å². The summed E-state index contributed by atoms with van der Waals surface area (Å²) >= 11 is 0. The average molecular weight is 252 g/mol. The van der Waals surface area contributed by atoms with Crippen LogP contribution in [0.15, 0.2) is 0 Å². The average Bonchev–Trinajstić information content (AvgIpc) is 2.91. The Kier molecular flexibility index (Phi) is 5.98. The van der Waals surface area contributed by atoms with Crippen LogP contribution < -0.4 is 10.6 Å². The van der Waals surface area contributed by atoms with E-state index in [2.05, 4.69) is 10.6 Å². The predicted molar refractivity (Wildman–Crippen MR) is 74.5 cm³/mol. The summed E-state index contributed by atoms with van der Waals surface area (Å²) in [5, 5.41) is 6.53. The highest BCUT2D eigenvalue weighted by Crippen LogP contribution is 2.27. The number of nitrogens with one attached hydrogen (secondary N) is 2. The molecule has 1 amide bonds. The van der Waals surface area contributed by atoms with Crippen LogP contribution in [0.2, 0.25) is 0 Å². The Hall–Kier alpha value is -0.570. The van der Waals surface area contributed by atoms with Crippen LogP contribution in [0, 0.1) is 5.92 Å². The smallest absolute Gasteiger partial charge is 0.220 e. The van der Waals surface area contributed by atoms with E-state index in [1.807, 2.05) is 0 Å². The molecule has 1 saturated heterocycles. The molecule has 0 aromatic carbocycles. The lowest BCUT2D eigenvalue weighted by Crippen LogP contribution is -2.30. The van der Waals surface area contributed by atoms with Crippen molar-refractivity contribution in [2.45, 2.75) is 70.3 Å². The highest BCUT2D eigenvalue weighted by molar-refractivity contribution is 5.75. The van der Waals surface area contributed by atoms with Crippen molar-refractivity contribution in [1.82, 2.24) is 10.6 Å². The lowest BCUT2D eigenvalue weighted by molar-refractivity contribution is -0.121. The van der Waals surface area contributed by atoms with Crippen molar-refractivity contribution in [2.24, 2.45) is 5.92 Å². The molecular weight excluding hydrogens is 224 g/mol. The van der Waals surface area contributed by atoms with Crippen molar-refractivity contribution in [3.8, 4) is 0 Å². The first-order chi connectivity index (χ1) is 8.84. The van der Waals surface area contributed by atoms with E-state index in [9.17, 15) is 4.79 Å². The molecule has 104 valence electrons. The van der Waals surface area contributed by atoms with Gasteiger partial charge in [-0.3, -0.25) is 4.79 Å². The van der Waals surface area contributed by atoms with E-state index in [0.29, 0.717) is 6.04 Å². The summed E-state index contributed by atoms with van der Waals surface area (Å²) in [6.07, 6.45) is 12.3. The maximum atomic E-state index is 11.7. The zero-order chi connectivity index (χ0) is 12.6. The topological polar surface area (TPSA) is 41.1 Å². The van der Waals surface area contributed by atoms with Crippen molar-refractivity contribution in [1.29, 1.82) is 0 Å². The minimum Gasteiger partial charge on any atom is -0.356 e. The fourth-order valence-corrected chi connectivity index (χ4v) is 3.29. The Morgan fingerprint density at radius 1 is 1.06 bits per heavy atom. The molecule has 2 aliphatic rings. The Balaban J connectivity index is 1.49. The van der Waals surface area contributed by atoms with Crippen LogP contribution in [-0.2, 0) is 4.79 Å². The van der Waals surface area contributed by atoms with Gasteiger partial charge in [-0.1, -0.05) is 32.1 Å². The molecular formula is C15H28N2O. The van der Waals surface area contributed by atoms with Crippen LogP contribution in [0.3, 0.4) is 0 Å². The van der Waals surface area contributed by atoms with Gasteiger partial charge in [-0.05, 0) is 38.1 Å². The molecule has 1 saturated carbocycles. The molecule has 0 spiro atoms. The summed E-state index contributed by atoms with van der Waals surface area (Å²) in [6, 6.07) is 0.642. The summed E-state index contributed by atoms with van der Waals surface area (Å²) < 4.78 is 0. The van der Waals surface area contributed by atoms with Crippen molar-refractivity contribution < 1.29 is 4.79 Å². The van der Waals surface area contributed by atoms with E-state index in [1.54, 1.807) is 0 Å². The first kappa shape index (κ1) is 13.9. The van der Waals surface area contributed by atoms with Crippen LogP contribution in [0.25, 0.3) is 0 Å². The van der Waals surface area contributed by atoms with E-state index < -0.39 is 0 Å². The normalized spacial score (nSPS) is 25.2. The van der Waals surface area contributed by atoms with Crippen LogP contribution in [0.1, 0.15) is 64.2 Å². The molecule has 3 nitrogen and oxygen atoms in total. The summed E-state index contributed by atoms with van der Waals surface area (Å²) in [6.45, 7) is 2.00. The third kappa shape index (κ3) is 4.97. The highest BCUT2D eigenvalue weighted by atomic mass is 16.1. The van der Waals surface area contributed by atoms with Gasteiger partial charge >= 0.3 is 0 Å². The van der Waals surface area contributed by atoms with E-state index >= 15 is 0 Å². The van der Waals surface area contributed by atoms with Gasteiger partial charge in [-0.15, -0.1) is 0 Å². The van der Waals surface area contributed by atoms with Gasteiger partial charge in [0.2, 0.25) is 5.91 Å². The minimum atomic E-state index is 0.263. The third-order valence-electron chi connectivity index (χ3n) is 4.48. The van der Waals surface area contributed by atoms with Crippen molar-refractivity contribution in [3.63, 3.8) is 0 Å². The quantitative estimate of drug-likeness (QED) is 0.763. The Morgan fingerprint density at radius 3 is 2.61 bits per heavy atom. The first-order valence-corrected chi connectivity index (χ1v) is 7.84. The van der Waals surface area contributed by atoms with Crippen LogP contribution in [-0.4, -0.2) is 25.0 Å². The molecule has 1 heterocycles. The number of carbonyl (C=O) groups excluding carboxylic acids is 1. The monoisotopic (exact) mass is 252 g/mol. The highest BCUT2D eigenvalue weighted by Gasteiger charge is 2.16. The summed E-state index contributed by atoms with van der Waals surface area (Å²) in [7, 11) is 0. The molecule has 2 N–H and O–H groups in total. The standard InChI is InChI=1S/C15H28N2O/c18-15(9-8-13-5-2-1-3-6-13)17-12-10-14-7-4-11-16-14/h13-14,16H,1-12H2,(H,17,18). The zero-order valence-electron chi connectivity index (χ0n) is 11.5. The molecule has 1 atom stereocenters. The fraction of sp³-hybridized carbons (Fsp3) is 0.933. The number of rotatable bonds is 6. The first-order valence-electron chi connectivity index (χ1n) is 7.84. The van der Waals surface area contributed by atoms with E-state index in [4.69, 9.17) is 0 Å². The van der Waals surface area contributed by atoms with Crippen LogP contribution in [0.5, 0.6) is 0 Å². The van der Waals surface area contributed by atoms with Gasteiger partial charge in [0, 0.05) is 19.0 Å². The number of hydrogen-bond donors (Lipinski definition) is 2. The molecule has 3 heteroatoms. The van der Waals surface area contributed by atoms with Gasteiger partial charge in [-0.25, -0.2) is 0 Å². The fourth-order valence-electron chi connectivity index (χ4n) is 3.29. The lowest BCUT2D eigenvalue weighted by Gasteiger charge is -2.21. The van der Waals surface area contributed by atoms with Gasteiger partial charge in [0.15, 0.2) is 0 Å². The second kappa shape index (κ2) is 7.78. The van der Waals surface area contributed by atoms with Crippen LogP contribution >= 0.6 is 0 Å². The van der Waals surface area contributed by atoms with E-state index in [1.165, 1.54) is 44.9 Å². The minimum absolute atomic E-state index is 0.263. The summed E-state index contributed by atoms with van der Waals surface area (Å²) in [5.74, 6) is 1.08. The summed E-state index contributed by atoms with van der Waals surface area (Å²) in [5.41, 5.74) is 0. The largest absolute Gasteiger partial charge is 0.356 e. The van der Waals surface area contributed by atoms with E-state index in [-0.39, 0.29) is 5.91 Å². The van der Waals surface area contributed by atoms with Gasteiger partial charge in [-0.2, -0.15) is 0 Å². The number of amides is 1. The van der Waals surface area contributed by atoms with Gasteiger partial charge in [0.1, 0.15) is 0 Å². The van der Waals surface area contributed by atoms with Crippen molar-refractivity contribution in [3.05, 3.63) is 0 Å². The number of hydrogen-bond acceptors (Lipinski definition) is 2. The third-order valence-corrected chi connectivity index (χ3v) is 4.48. The van der Waals surface area contributed by atoms with Crippen molar-refractivity contribution >= 4 is 5.91 Å². The molecule has 0 aromatic rings. The Labute approximate surface area is 111 Å². The second-order valence-corrected chi connectivity index (χ2v) is 5.97. The molecule has 0 radical (unpaired) electrons. The zero-order valence-corrected chi connectivity index (χ0v) is 11.5. The maximum Gasteiger partial charge on any atom is 0.220 e. The Morgan fingerprint density at radius 2 is 1.89 bits per heavy atom. The molecule has 1 unspecified atom stereocenters. The van der Waals surface area contributed by atoms with Crippen LogP contribution in [0.4, 0.5) is 0 Å². The molecule has 1 aliphatic heterocycles. The number of carbonyl (C=O) groups is 1. The molecule has 0 bridgehead atoms. The SMILES string of the molecule is O=C(CCC1CCCCC1)NCCC1CCCN1. The molecule has 1 aliphatic carbocycles. The van der Waals surface area contributed by atoms with Gasteiger partial charge in [0.25, 0.3) is 0 Å². The second-order valence-electron chi connectivity index (χ2n) is 5.97. The predicted octanol–water partition coefficient (Wildman–Crippen LogP) is 2.61. The summed E-state index contributed by atoms with van der Waals surface area (Å²) in [4.78, 5) is 11.7. The van der Waals surface area contributed by atoms with Gasteiger partial charge in [0.05, 0.1) is 0 Å². The molecule has 2 rings (SSSR count). The van der Waals surface area contributed by atoms with Crippen molar-refractivity contribution in [2.75, 3.05) is 13.1 Å². The molecule has 2 fully saturated rings. The van der Waals surface area contributed by atoms with E-state index in [0.717, 1.165) is 38.3 Å².